The molecule has 1 heterocycles. The molecule has 0 amide bonds. The Morgan fingerprint density at radius 1 is 1.38 bits per heavy atom. The second-order valence-electron chi connectivity index (χ2n) is 3.79. The zero-order valence-corrected chi connectivity index (χ0v) is 10.9. The predicted molar refractivity (Wildman–Crippen MR) is 71.5 cm³/mol. The molecule has 16 heavy (non-hydrogen) atoms. The Kier molecular flexibility index (Phi) is 3.52. The van der Waals surface area contributed by atoms with Crippen LogP contribution in [0.5, 0.6) is 0 Å². The van der Waals surface area contributed by atoms with Gasteiger partial charge in [0.1, 0.15) is 0 Å². The van der Waals surface area contributed by atoms with E-state index in [-0.39, 0.29) is 0 Å². The fourth-order valence-corrected chi connectivity index (χ4v) is 2.71. The maximum atomic E-state index is 5.91. The van der Waals surface area contributed by atoms with Gasteiger partial charge in [-0.25, -0.2) is 0 Å². The fraction of sp³-hybridized carbons (Fsp3) is 0.231. The molecule has 0 saturated carbocycles. The smallest absolute Gasteiger partial charge is 0.0931 e. The number of halogens is 1. The first kappa shape index (κ1) is 11.5. The molecule has 0 unspecified atom stereocenters. The molecule has 2 aromatic rings. The number of hydrogen-bond donors (Lipinski definition) is 0. The molecular weight excluding hydrogens is 238 g/mol. The lowest BCUT2D eigenvalue weighted by atomic mass is 10.2. The van der Waals surface area contributed by atoms with Crippen LogP contribution < -0.4 is 4.90 Å². The second-order valence-corrected chi connectivity index (χ2v) is 5.59. The van der Waals surface area contributed by atoms with Gasteiger partial charge in [-0.05, 0) is 42.8 Å². The SMILES string of the molecule is Cc1[c]ccc(N(C)Cc2ccc(Cl)s2)c1. The molecule has 0 spiro atoms. The minimum atomic E-state index is 0.848. The molecule has 83 valence electrons. The van der Waals surface area contributed by atoms with Crippen molar-refractivity contribution >= 4 is 28.6 Å². The molecule has 2 rings (SSSR count). The number of hydrogen-bond acceptors (Lipinski definition) is 2. The van der Waals surface area contributed by atoms with Crippen molar-refractivity contribution in [2.45, 2.75) is 13.5 Å². The molecule has 1 radical (unpaired) electrons. The monoisotopic (exact) mass is 250 g/mol. The van der Waals surface area contributed by atoms with Gasteiger partial charge in [-0.1, -0.05) is 17.7 Å². The second kappa shape index (κ2) is 4.89. The molecule has 0 bridgehead atoms. The number of aryl methyl sites for hydroxylation is 1. The van der Waals surface area contributed by atoms with E-state index in [4.69, 9.17) is 11.6 Å². The molecule has 1 nitrogen and oxygen atoms in total. The van der Waals surface area contributed by atoms with Gasteiger partial charge in [0, 0.05) is 17.6 Å². The van der Waals surface area contributed by atoms with E-state index in [1.54, 1.807) is 11.3 Å². The molecule has 3 heteroatoms. The van der Waals surface area contributed by atoms with Crippen LogP contribution in [0.15, 0.2) is 30.3 Å². The number of nitrogens with zero attached hydrogens (tertiary/aromatic N) is 1. The Hall–Kier alpha value is -0.990. The topological polar surface area (TPSA) is 3.24 Å². The Morgan fingerprint density at radius 2 is 2.19 bits per heavy atom. The molecule has 0 aliphatic rings. The highest BCUT2D eigenvalue weighted by Gasteiger charge is 2.04. The molecule has 0 atom stereocenters. The summed E-state index contributed by atoms with van der Waals surface area (Å²) < 4.78 is 0.848. The summed E-state index contributed by atoms with van der Waals surface area (Å²) in [5, 5.41) is 0. The summed E-state index contributed by atoms with van der Waals surface area (Å²) in [6, 6.07) is 13.3. The Bertz CT molecular complexity index is 478. The van der Waals surface area contributed by atoms with Gasteiger partial charge in [0.25, 0.3) is 0 Å². The van der Waals surface area contributed by atoms with Gasteiger partial charge in [0.2, 0.25) is 0 Å². The third-order valence-electron chi connectivity index (χ3n) is 2.39. The van der Waals surface area contributed by atoms with E-state index in [9.17, 15) is 0 Å². The predicted octanol–water partition coefficient (Wildman–Crippen LogP) is 4.15. The van der Waals surface area contributed by atoms with Gasteiger partial charge in [-0.15, -0.1) is 11.3 Å². The van der Waals surface area contributed by atoms with Gasteiger partial charge < -0.3 is 4.90 Å². The first-order valence-electron chi connectivity index (χ1n) is 5.09. The molecule has 0 fully saturated rings. The molecule has 0 saturated heterocycles. The number of benzene rings is 1. The van der Waals surface area contributed by atoms with Crippen LogP contribution in [-0.2, 0) is 6.54 Å². The first-order valence-corrected chi connectivity index (χ1v) is 6.28. The third-order valence-corrected chi connectivity index (χ3v) is 3.61. The van der Waals surface area contributed by atoms with Gasteiger partial charge in [-0.3, -0.25) is 0 Å². The summed E-state index contributed by atoms with van der Waals surface area (Å²) >= 11 is 7.54. The maximum absolute atomic E-state index is 5.91. The first-order chi connectivity index (χ1) is 7.65. The Morgan fingerprint density at radius 3 is 2.81 bits per heavy atom. The van der Waals surface area contributed by atoms with Crippen molar-refractivity contribution in [2.75, 3.05) is 11.9 Å². The van der Waals surface area contributed by atoms with Gasteiger partial charge >= 0.3 is 0 Å². The van der Waals surface area contributed by atoms with Crippen LogP contribution in [0, 0.1) is 13.0 Å². The van der Waals surface area contributed by atoms with E-state index in [1.807, 2.05) is 12.1 Å². The minimum absolute atomic E-state index is 0.848. The van der Waals surface area contributed by atoms with Crippen molar-refractivity contribution < 1.29 is 0 Å². The molecule has 0 aliphatic carbocycles. The van der Waals surface area contributed by atoms with Crippen LogP contribution in [0.25, 0.3) is 0 Å². The zero-order valence-electron chi connectivity index (χ0n) is 9.33. The van der Waals surface area contributed by atoms with Crippen LogP contribution >= 0.6 is 22.9 Å². The third kappa shape index (κ3) is 2.77. The summed E-state index contributed by atoms with van der Waals surface area (Å²) in [6.45, 7) is 2.94. The van der Waals surface area contributed by atoms with Crippen LogP contribution in [0.2, 0.25) is 4.34 Å². The number of anilines is 1. The van der Waals surface area contributed by atoms with E-state index in [0.717, 1.165) is 16.4 Å². The molecule has 1 aromatic heterocycles. The fourth-order valence-electron chi connectivity index (χ4n) is 1.57. The van der Waals surface area contributed by atoms with Crippen LogP contribution in [0.1, 0.15) is 10.4 Å². The van der Waals surface area contributed by atoms with Crippen LogP contribution in [-0.4, -0.2) is 7.05 Å². The lowest BCUT2D eigenvalue weighted by Gasteiger charge is -2.18. The van der Waals surface area contributed by atoms with Crippen molar-refractivity contribution in [3.63, 3.8) is 0 Å². The Labute approximate surface area is 105 Å². The van der Waals surface area contributed by atoms with Crippen molar-refractivity contribution in [2.24, 2.45) is 0 Å². The van der Waals surface area contributed by atoms with E-state index in [0.29, 0.717) is 0 Å². The van der Waals surface area contributed by atoms with Crippen LogP contribution in [0.3, 0.4) is 0 Å². The van der Waals surface area contributed by atoms with Crippen molar-refractivity contribution in [1.29, 1.82) is 0 Å². The highest BCUT2D eigenvalue weighted by Crippen LogP contribution is 2.24. The molecular formula is C13H13ClNS. The van der Waals surface area contributed by atoms with Crippen LogP contribution in [0.4, 0.5) is 5.69 Å². The highest BCUT2D eigenvalue weighted by molar-refractivity contribution is 7.16. The summed E-state index contributed by atoms with van der Waals surface area (Å²) in [6.07, 6.45) is 0. The normalized spacial score (nSPS) is 10.4. The number of rotatable bonds is 3. The van der Waals surface area contributed by atoms with E-state index >= 15 is 0 Å². The minimum Gasteiger partial charge on any atom is -0.369 e. The maximum Gasteiger partial charge on any atom is 0.0931 e. The van der Waals surface area contributed by atoms with Crippen molar-refractivity contribution in [3.8, 4) is 0 Å². The summed E-state index contributed by atoms with van der Waals surface area (Å²) in [4.78, 5) is 3.49. The highest BCUT2D eigenvalue weighted by atomic mass is 35.5. The standard InChI is InChI=1S/C13H13ClNS/c1-10-4-3-5-11(8-10)15(2)9-12-6-7-13(14)16-12/h3,5-8H,9H2,1-2H3. The van der Waals surface area contributed by atoms with Gasteiger partial charge in [-0.2, -0.15) is 0 Å². The summed E-state index contributed by atoms with van der Waals surface area (Å²) in [5.41, 5.74) is 2.37. The average molecular weight is 251 g/mol. The van der Waals surface area contributed by atoms with E-state index in [1.165, 1.54) is 10.6 Å². The number of thiophene rings is 1. The lowest BCUT2D eigenvalue weighted by Crippen LogP contribution is -2.15. The molecule has 0 N–H and O–H groups in total. The quantitative estimate of drug-likeness (QED) is 0.791. The zero-order chi connectivity index (χ0) is 11.5. The van der Waals surface area contributed by atoms with Gasteiger partial charge in [0.15, 0.2) is 0 Å². The average Bonchev–Trinajstić information content (AvgIpc) is 2.64. The summed E-state index contributed by atoms with van der Waals surface area (Å²) in [7, 11) is 2.09. The van der Waals surface area contributed by atoms with E-state index < -0.39 is 0 Å². The lowest BCUT2D eigenvalue weighted by molar-refractivity contribution is 0.939. The Balaban J connectivity index is 2.11. The van der Waals surface area contributed by atoms with Gasteiger partial charge in [0.05, 0.1) is 10.9 Å². The molecule has 1 aromatic carbocycles. The van der Waals surface area contributed by atoms with Crippen molar-refractivity contribution in [3.05, 3.63) is 51.2 Å². The van der Waals surface area contributed by atoms with Crippen molar-refractivity contribution in [1.82, 2.24) is 0 Å². The largest absolute Gasteiger partial charge is 0.369 e. The van der Waals surface area contributed by atoms with E-state index in [2.05, 4.69) is 43.1 Å². The summed E-state index contributed by atoms with van der Waals surface area (Å²) in [5.74, 6) is 0. The molecule has 0 aliphatic heterocycles.